The number of hydrogen-bond donors (Lipinski definition) is 2. The first-order chi connectivity index (χ1) is 13.4. The normalized spacial score (nSPS) is 11.3. The number of nitrogens with zero attached hydrogens (tertiary/aromatic N) is 2. The standard InChI is InChI=1S/C21H17N3O4/c1-13-11-16(15-9-5-6-10-17(15)23-13)20(27)24(22)21(28)19(26)12-18(25)14-7-3-2-4-8-14/h2-12,25H,22H2,1H3/b18-12+. The summed E-state index contributed by atoms with van der Waals surface area (Å²) in [4.78, 5) is 41.5. The maximum absolute atomic E-state index is 12.7. The molecule has 0 unspecified atom stereocenters. The number of hydrogen-bond acceptors (Lipinski definition) is 6. The summed E-state index contributed by atoms with van der Waals surface area (Å²) in [5.74, 6) is 2.02. The molecular formula is C21H17N3O4. The minimum atomic E-state index is -1.26. The van der Waals surface area contributed by atoms with Crippen LogP contribution in [-0.4, -0.2) is 32.7 Å². The van der Waals surface area contributed by atoms with E-state index in [2.05, 4.69) is 4.98 Å². The average Bonchev–Trinajstić information content (AvgIpc) is 2.71. The number of para-hydroxylation sites is 1. The Hall–Kier alpha value is -3.84. The van der Waals surface area contributed by atoms with Gasteiger partial charge >= 0.3 is 5.91 Å². The van der Waals surface area contributed by atoms with Crippen molar-refractivity contribution in [3.05, 3.63) is 83.6 Å². The van der Waals surface area contributed by atoms with Crippen molar-refractivity contribution < 1.29 is 19.5 Å². The Morgan fingerprint density at radius 3 is 2.39 bits per heavy atom. The largest absolute Gasteiger partial charge is 0.507 e. The van der Waals surface area contributed by atoms with E-state index >= 15 is 0 Å². The topological polar surface area (TPSA) is 114 Å². The number of amides is 2. The van der Waals surface area contributed by atoms with Crippen LogP contribution < -0.4 is 5.84 Å². The van der Waals surface area contributed by atoms with Gasteiger partial charge in [0.25, 0.3) is 5.91 Å². The lowest BCUT2D eigenvalue weighted by molar-refractivity contribution is -0.140. The molecule has 1 heterocycles. The molecule has 3 aromatic rings. The molecule has 0 atom stereocenters. The smallest absolute Gasteiger partial charge is 0.315 e. The molecule has 3 rings (SSSR count). The fourth-order valence-corrected chi connectivity index (χ4v) is 2.70. The number of pyridine rings is 1. The molecule has 0 saturated heterocycles. The third-order valence-corrected chi connectivity index (χ3v) is 4.06. The van der Waals surface area contributed by atoms with Gasteiger partial charge in [0.15, 0.2) is 0 Å². The van der Waals surface area contributed by atoms with Crippen molar-refractivity contribution in [1.82, 2.24) is 9.99 Å². The first kappa shape index (κ1) is 18.9. The minimum Gasteiger partial charge on any atom is -0.507 e. The van der Waals surface area contributed by atoms with Crippen molar-refractivity contribution in [2.75, 3.05) is 0 Å². The highest BCUT2D eigenvalue weighted by Gasteiger charge is 2.26. The molecule has 28 heavy (non-hydrogen) atoms. The molecule has 0 spiro atoms. The Labute approximate surface area is 160 Å². The first-order valence-corrected chi connectivity index (χ1v) is 8.38. The first-order valence-electron chi connectivity index (χ1n) is 8.38. The number of fused-ring (bicyclic) bond motifs is 1. The molecule has 2 aromatic carbocycles. The zero-order valence-corrected chi connectivity index (χ0v) is 15.0. The van der Waals surface area contributed by atoms with E-state index in [0.717, 1.165) is 6.08 Å². The molecule has 0 bridgehead atoms. The van der Waals surface area contributed by atoms with Gasteiger partial charge in [0.2, 0.25) is 5.78 Å². The van der Waals surface area contributed by atoms with E-state index < -0.39 is 23.4 Å². The maximum Gasteiger partial charge on any atom is 0.315 e. The summed E-state index contributed by atoms with van der Waals surface area (Å²) in [7, 11) is 0. The highest BCUT2D eigenvalue weighted by molar-refractivity contribution is 6.44. The SMILES string of the molecule is Cc1cc(C(=O)N(N)C(=O)C(=O)/C=C(/O)c2ccccc2)c2ccccc2n1. The Morgan fingerprint density at radius 1 is 1.04 bits per heavy atom. The Kier molecular flexibility index (Phi) is 5.28. The third-order valence-electron chi connectivity index (χ3n) is 4.06. The van der Waals surface area contributed by atoms with Crippen LogP contribution in [0.15, 0.2) is 66.7 Å². The number of ketones is 1. The number of carbonyl (C=O) groups excluding carboxylic acids is 3. The van der Waals surface area contributed by atoms with Crippen LogP contribution in [0.4, 0.5) is 0 Å². The van der Waals surface area contributed by atoms with Crippen molar-refractivity contribution in [2.24, 2.45) is 5.84 Å². The van der Waals surface area contributed by atoms with Crippen LogP contribution in [-0.2, 0) is 9.59 Å². The number of aryl methyl sites for hydroxylation is 1. The van der Waals surface area contributed by atoms with E-state index in [-0.39, 0.29) is 10.6 Å². The van der Waals surface area contributed by atoms with E-state index in [0.29, 0.717) is 22.2 Å². The Morgan fingerprint density at radius 2 is 1.68 bits per heavy atom. The van der Waals surface area contributed by atoms with E-state index in [1.54, 1.807) is 61.5 Å². The summed E-state index contributed by atoms with van der Waals surface area (Å²) in [6.07, 6.45) is 0.737. The van der Waals surface area contributed by atoms with Gasteiger partial charge < -0.3 is 5.11 Å². The van der Waals surface area contributed by atoms with Gasteiger partial charge in [-0.3, -0.25) is 19.4 Å². The van der Waals surface area contributed by atoms with E-state index in [9.17, 15) is 19.5 Å². The predicted molar refractivity (Wildman–Crippen MR) is 104 cm³/mol. The molecule has 0 fully saturated rings. The van der Waals surface area contributed by atoms with Gasteiger partial charge in [-0.15, -0.1) is 0 Å². The van der Waals surface area contributed by atoms with Crippen molar-refractivity contribution in [3.8, 4) is 0 Å². The molecule has 0 saturated carbocycles. The van der Waals surface area contributed by atoms with E-state index in [4.69, 9.17) is 5.84 Å². The highest BCUT2D eigenvalue weighted by Crippen LogP contribution is 2.19. The molecule has 7 heteroatoms. The van der Waals surface area contributed by atoms with Crippen LogP contribution in [0, 0.1) is 6.92 Å². The maximum atomic E-state index is 12.7. The number of hydrazine groups is 1. The summed E-state index contributed by atoms with van der Waals surface area (Å²) in [6.45, 7) is 1.71. The molecular weight excluding hydrogens is 358 g/mol. The van der Waals surface area contributed by atoms with Crippen molar-refractivity contribution >= 4 is 34.3 Å². The number of aliphatic hydroxyl groups excluding tert-OH is 1. The Balaban J connectivity index is 1.88. The van der Waals surface area contributed by atoms with Gasteiger partial charge in [0, 0.05) is 22.7 Å². The summed E-state index contributed by atoms with van der Waals surface area (Å²) < 4.78 is 0. The molecule has 0 aliphatic heterocycles. The Bertz CT molecular complexity index is 1110. The van der Waals surface area contributed by atoms with Crippen LogP contribution >= 0.6 is 0 Å². The number of nitrogens with two attached hydrogens (primary N) is 1. The van der Waals surface area contributed by atoms with Crippen LogP contribution in [0.25, 0.3) is 16.7 Å². The summed E-state index contributed by atoms with van der Waals surface area (Å²) in [6, 6.07) is 16.6. The number of aromatic nitrogens is 1. The second-order valence-corrected chi connectivity index (χ2v) is 6.07. The molecule has 0 aliphatic rings. The number of benzene rings is 2. The zero-order chi connectivity index (χ0) is 20.3. The van der Waals surface area contributed by atoms with Crippen molar-refractivity contribution in [3.63, 3.8) is 0 Å². The number of aliphatic hydroxyl groups is 1. The average molecular weight is 375 g/mol. The fraction of sp³-hybridized carbons (Fsp3) is 0.0476. The van der Waals surface area contributed by atoms with Crippen LogP contribution in [0.5, 0.6) is 0 Å². The quantitative estimate of drug-likeness (QED) is 0.181. The lowest BCUT2D eigenvalue weighted by Crippen LogP contribution is -2.46. The monoisotopic (exact) mass is 375 g/mol. The second kappa shape index (κ2) is 7.81. The molecule has 1 aromatic heterocycles. The van der Waals surface area contributed by atoms with Gasteiger partial charge in [0.05, 0.1) is 11.1 Å². The van der Waals surface area contributed by atoms with Gasteiger partial charge in [-0.2, -0.15) is 0 Å². The molecule has 140 valence electrons. The lowest BCUT2D eigenvalue weighted by Gasteiger charge is -2.15. The van der Waals surface area contributed by atoms with E-state index in [1.807, 2.05) is 0 Å². The van der Waals surface area contributed by atoms with Gasteiger partial charge in [0.1, 0.15) is 5.76 Å². The summed E-state index contributed by atoms with van der Waals surface area (Å²) in [5, 5.41) is 10.7. The van der Waals surface area contributed by atoms with Crippen LogP contribution in [0.1, 0.15) is 21.6 Å². The highest BCUT2D eigenvalue weighted by atomic mass is 16.3. The summed E-state index contributed by atoms with van der Waals surface area (Å²) >= 11 is 0. The molecule has 0 radical (unpaired) electrons. The minimum absolute atomic E-state index is 0.156. The van der Waals surface area contributed by atoms with Crippen molar-refractivity contribution in [2.45, 2.75) is 6.92 Å². The van der Waals surface area contributed by atoms with Gasteiger partial charge in [-0.1, -0.05) is 48.5 Å². The molecule has 3 N–H and O–H groups in total. The zero-order valence-electron chi connectivity index (χ0n) is 15.0. The molecule has 7 nitrogen and oxygen atoms in total. The number of rotatable bonds is 4. The van der Waals surface area contributed by atoms with Gasteiger partial charge in [-0.25, -0.2) is 10.9 Å². The van der Waals surface area contributed by atoms with E-state index in [1.165, 1.54) is 6.07 Å². The third kappa shape index (κ3) is 3.79. The second-order valence-electron chi connectivity index (χ2n) is 6.07. The number of imide groups is 1. The molecule has 2 amide bonds. The summed E-state index contributed by atoms with van der Waals surface area (Å²) in [5.41, 5.74) is 1.65. The van der Waals surface area contributed by atoms with Gasteiger partial charge in [-0.05, 0) is 19.1 Å². The predicted octanol–water partition coefficient (Wildman–Crippen LogP) is 2.55. The van der Waals surface area contributed by atoms with Crippen LogP contribution in [0.2, 0.25) is 0 Å². The molecule has 0 aliphatic carbocycles. The van der Waals surface area contributed by atoms with Crippen LogP contribution in [0.3, 0.4) is 0 Å². The van der Waals surface area contributed by atoms with Crippen molar-refractivity contribution in [1.29, 1.82) is 0 Å². The fourth-order valence-electron chi connectivity index (χ4n) is 2.70. The lowest BCUT2D eigenvalue weighted by atomic mass is 10.1. The number of carbonyl (C=O) groups is 3.